The van der Waals surface area contributed by atoms with Crippen molar-refractivity contribution in [3.63, 3.8) is 0 Å². The number of nitrogens with zero attached hydrogens (tertiary/aromatic N) is 2. The molecule has 1 atom stereocenters. The summed E-state index contributed by atoms with van der Waals surface area (Å²) >= 11 is 5.97. The van der Waals surface area contributed by atoms with Crippen LogP contribution in [0.5, 0.6) is 5.75 Å². The van der Waals surface area contributed by atoms with E-state index in [0.717, 1.165) is 31.9 Å². The Morgan fingerprint density at radius 3 is 2.42 bits per heavy atom. The van der Waals surface area contributed by atoms with Crippen molar-refractivity contribution in [1.29, 1.82) is 0 Å². The number of phenolic OH excluding ortho intramolecular Hbond substituents is 1. The number of aromatic hydroxyl groups is 1. The van der Waals surface area contributed by atoms with Crippen LogP contribution in [0.4, 0.5) is 15.8 Å². The summed E-state index contributed by atoms with van der Waals surface area (Å²) in [7, 11) is 0. The first-order chi connectivity index (χ1) is 12.4. The zero-order valence-corrected chi connectivity index (χ0v) is 15.2. The van der Waals surface area contributed by atoms with Gasteiger partial charge in [0.05, 0.1) is 16.8 Å². The van der Waals surface area contributed by atoms with Crippen LogP contribution in [-0.2, 0) is 4.79 Å². The largest absolute Gasteiger partial charge is 0.508 e. The molecule has 1 fully saturated rings. The van der Waals surface area contributed by atoms with Crippen LogP contribution in [0, 0.1) is 5.82 Å². The van der Waals surface area contributed by atoms with E-state index in [9.17, 15) is 14.3 Å². The highest BCUT2D eigenvalue weighted by Crippen LogP contribution is 2.24. The molecule has 1 heterocycles. The Bertz CT molecular complexity index is 777. The standard InChI is InChI=1S/C19H21ClFN3O2/c1-13(19(26)22-18-7-2-14(21)12-17(18)20)23-8-10-24(11-9-23)15-3-5-16(25)6-4-15/h2-7,12-13,25H,8-11H2,1H3,(H,22,26). The second-order valence-electron chi connectivity index (χ2n) is 6.33. The van der Waals surface area contributed by atoms with Crippen LogP contribution in [0.15, 0.2) is 42.5 Å². The zero-order valence-electron chi connectivity index (χ0n) is 14.5. The maximum atomic E-state index is 13.1. The van der Waals surface area contributed by atoms with Crippen LogP contribution in [0.3, 0.4) is 0 Å². The summed E-state index contributed by atoms with van der Waals surface area (Å²) in [5.41, 5.74) is 1.46. The van der Waals surface area contributed by atoms with Crippen molar-refractivity contribution in [2.45, 2.75) is 13.0 Å². The number of carbonyl (C=O) groups excluding carboxylic acids is 1. The molecule has 0 radical (unpaired) electrons. The number of rotatable bonds is 4. The minimum atomic E-state index is -0.439. The van der Waals surface area contributed by atoms with Crippen molar-refractivity contribution in [1.82, 2.24) is 4.90 Å². The number of piperazine rings is 1. The van der Waals surface area contributed by atoms with Gasteiger partial charge in [0, 0.05) is 31.9 Å². The molecule has 1 aliphatic rings. The van der Waals surface area contributed by atoms with Crippen molar-refractivity contribution >= 4 is 28.9 Å². The minimum absolute atomic E-state index is 0.170. The summed E-state index contributed by atoms with van der Waals surface area (Å²) in [6, 6.07) is 10.7. The summed E-state index contributed by atoms with van der Waals surface area (Å²) in [6.07, 6.45) is 0. The van der Waals surface area contributed by atoms with E-state index in [0.29, 0.717) is 5.69 Å². The Balaban J connectivity index is 1.56. The van der Waals surface area contributed by atoms with Crippen LogP contribution < -0.4 is 10.2 Å². The van der Waals surface area contributed by atoms with Gasteiger partial charge < -0.3 is 15.3 Å². The molecule has 2 aromatic carbocycles. The van der Waals surface area contributed by atoms with E-state index >= 15 is 0 Å². The normalized spacial score (nSPS) is 16.3. The second kappa shape index (κ2) is 7.93. The van der Waals surface area contributed by atoms with E-state index < -0.39 is 5.82 Å². The number of anilines is 2. The first-order valence-corrected chi connectivity index (χ1v) is 8.86. The van der Waals surface area contributed by atoms with Crippen molar-refractivity contribution in [2.75, 3.05) is 36.4 Å². The van der Waals surface area contributed by atoms with Gasteiger partial charge in [-0.1, -0.05) is 11.6 Å². The average Bonchev–Trinajstić information content (AvgIpc) is 2.64. The molecule has 1 saturated heterocycles. The van der Waals surface area contributed by atoms with E-state index in [2.05, 4.69) is 15.1 Å². The molecule has 26 heavy (non-hydrogen) atoms. The SMILES string of the molecule is CC(C(=O)Nc1ccc(F)cc1Cl)N1CCN(c2ccc(O)cc2)CC1. The van der Waals surface area contributed by atoms with Gasteiger partial charge in [0.1, 0.15) is 11.6 Å². The Labute approximate surface area is 157 Å². The molecule has 1 aliphatic heterocycles. The van der Waals surface area contributed by atoms with E-state index in [-0.39, 0.29) is 22.7 Å². The highest BCUT2D eigenvalue weighted by molar-refractivity contribution is 6.33. The highest BCUT2D eigenvalue weighted by atomic mass is 35.5. The van der Waals surface area contributed by atoms with Gasteiger partial charge in [-0.05, 0) is 49.4 Å². The molecule has 138 valence electrons. The predicted molar refractivity (Wildman–Crippen MR) is 101 cm³/mol. The molecule has 3 rings (SSSR count). The van der Waals surface area contributed by atoms with Crippen molar-refractivity contribution < 1.29 is 14.3 Å². The zero-order chi connectivity index (χ0) is 18.7. The van der Waals surface area contributed by atoms with Gasteiger partial charge in [-0.25, -0.2) is 4.39 Å². The Hall–Kier alpha value is -2.31. The van der Waals surface area contributed by atoms with E-state index in [4.69, 9.17) is 11.6 Å². The molecule has 1 unspecified atom stereocenters. The number of carbonyl (C=O) groups is 1. The maximum Gasteiger partial charge on any atom is 0.241 e. The summed E-state index contributed by atoms with van der Waals surface area (Å²) in [5, 5.41) is 12.3. The number of phenols is 1. The van der Waals surface area contributed by atoms with Crippen LogP contribution in [-0.4, -0.2) is 48.1 Å². The second-order valence-corrected chi connectivity index (χ2v) is 6.74. The molecule has 0 aromatic heterocycles. The average molecular weight is 378 g/mol. The molecule has 5 nitrogen and oxygen atoms in total. The molecule has 0 aliphatic carbocycles. The van der Waals surface area contributed by atoms with Gasteiger partial charge in [-0.3, -0.25) is 9.69 Å². The van der Waals surface area contributed by atoms with Gasteiger partial charge in [-0.15, -0.1) is 0 Å². The molecule has 7 heteroatoms. The molecule has 1 amide bonds. The van der Waals surface area contributed by atoms with Crippen molar-refractivity contribution in [2.24, 2.45) is 0 Å². The first kappa shape index (κ1) is 18.5. The lowest BCUT2D eigenvalue weighted by molar-refractivity contribution is -0.120. The third-order valence-electron chi connectivity index (χ3n) is 4.65. The van der Waals surface area contributed by atoms with E-state index in [1.54, 1.807) is 12.1 Å². The van der Waals surface area contributed by atoms with Crippen LogP contribution >= 0.6 is 11.6 Å². The lowest BCUT2D eigenvalue weighted by atomic mass is 10.2. The van der Waals surface area contributed by atoms with Crippen molar-refractivity contribution in [3.8, 4) is 5.75 Å². The summed E-state index contributed by atoms with van der Waals surface area (Å²) in [4.78, 5) is 16.8. The van der Waals surface area contributed by atoms with Crippen LogP contribution in [0.1, 0.15) is 6.92 Å². The van der Waals surface area contributed by atoms with Gasteiger partial charge in [-0.2, -0.15) is 0 Å². The Morgan fingerprint density at radius 2 is 1.81 bits per heavy atom. The number of nitrogens with one attached hydrogen (secondary N) is 1. The summed E-state index contributed by atoms with van der Waals surface area (Å²) < 4.78 is 13.1. The molecule has 0 spiro atoms. The molecule has 0 bridgehead atoms. The number of hydrogen-bond acceptors (Lipinski definition) is 4. The van der Waals surface area contributed by atoms with Gasteiger partial charge in [0.25, 0.3) is 0 Å². The van der Waals surface area contributed by atoms with E-state index in [1.807, 2.05) is 19.1 Å². The fraction of sp³-hybridized carbons (Fsp3) is 0.316. The monoisotopic (exact) mass is 377 g/mol. The molecule has 0 saturated carbocycles. The minimum Gasteiger partial charge on any atom is -0.508 e. The number of halogens is 2. The number of benzene rings is 2. The first-order valence-electron chi connectivity index (χ1n) is 8.48. The summed E-state index contributed by atoms with van der Waals surface area (Å²) in [5.74, 6) is -0.361. The van der Waals surface area contributed by atoms with Crippen LogP contribution in [0.2, 0.25) is 5.02 Å². The Morgan fingerprint density at radius 1 is 1.15 bits per heavy atom. The fourth-order valence-corrected chi connectivity index (χ4v) is 3.24. The highest BCUT2D eigenvalue weighted by Gasteiger charge is 2.26. The lowest BCUT2D eigenvalue weighted by Gasteiger charge is -2.38. The van der Waals surface area contributed by atoms with Gasteiger partial charge in [0.15, 0.2) is 0 Å². The third kappa shape index (κ3) is 4.26. The summed E-state index contributed by atoms with van der Waals surface area (Å²) in [6.45, 7) is 4.92. The van der Waals surface area contributed by atoms with E-state index in [1.165, 1.54) is 18.2 Å². The van der Waals surface area contributed by atoms with Gasteiger partial charge >= 0.3 is 0 Å². The molecular formula is C19H21ClFN3O2. The quantitative estimate of drug-likeness (QED) is 0.858. The smallest absolute Gasteiger partial charge is 0.241 e. The predicted octanol–water partition coefficient (Wildman–Crippen LogP) is 3.33. The van der Waals surface area contributed by atoms with Crippen LogP contribution in [0.25, 0.3) is 0 Å². The third-order valence-corrected chi connectivity index (χ3v) is 4.96. The topological polar surface area (TPSA) is 55.8 Å². The number of hydrogen-bond donors (Lipinski definition) is 2. The molecule has 2 N–H and O–H groups in total. The van der Waals surface area contributed by atoms with Gasteiger partial charge in [0.2, 0.25) is 5.91 Å². The maximum absolute atomic E-state index is 13.1. The number of amides is 1. The Kier molecular flexibility index (Phi) is 5.64. The molecular weight excluding hydrogens is 357 g/mol. The van der Waals surface area contributed by atoms with Crippen molar-refractivity contribution in [3.05, 3.63) is 53.3 Å². The fourth-order valence-electron chi connectivity index (χ4n) is 3.02. The molecule has 2 aromatic rings. The lowest BCUT2D eigenvalue weighted by Crippen LogP contribution is -2.52.